The van der Waals surface area contributed by atoms with Gasteiger partial charge in [-0.3, -0.25) is 4.79 Å². The lowest BCUT2D eigenvalue weighted by Gasteiger charge is -2.26. The Kier molecular flexibility index (Phi) is 4.69. The highest BCUT2D eigenvalue weighted by molar-refractivity contribution is 5.96. The van der Waals surface area contributed by atoms with E-state index in [2.05, 4.69) is 37.7 Å². The predicted molar refractivity (Wildman–Crippen MR) is 117 cm³/mol. The van der Waals surface area contributed by atoms with E-state index in [4.69, 9.17) is 0 Å². The maximum atomic E-state index is 12.2. The van der Waals surface area contributed by atoms with Gasteiger partial charge in [-0.25, -0.2) is 9.97 Å². The number of rotatable bonds is 6. The molecule has 0 radical (unpaired) electrons. The third-order valence-electron chi connectivity index (χ3n) is 6.22. The van der Waals surface area contributed by atoms with Crippen LogP contribution in [0.5, 0.6) is 5.75 Å². The van der Waals surface area contributed by atoms with Crippen molar-refractivity contribution in [3.63, 3.8) is 0 Å². The van der Waals surface area contributed by atoms with Crippen LogP contribution in [0.3, 0.4) is 0 Å². The number of aromatic amines is 1. The van der Waals surface area contributed by atoms with Crippen LogP contribution in [-0.4, -0.2) is 44.8 Å². The summed E-state index contributed by atoms with van der Waals surface area (Å²) in [6.07, 6.45) is 7.56. The zero-order valence-electron chi connectivity index (χ0n) is 17.0. The first-order valence-electron chi connectivity index (χ1n) is 10.5. The number of allylic oxidation sites excluding steroid dienone is 1. The van der Waals surface area contributed by atoms with E-state index in [0.29, 0.717) is 34.8 Å². The highest BCUT2D eigenvalue weighted by atomic mass is 16.3. The summed E-state index contributed by atoms with van der Waals surface area (Å²) in [5, 5.41) is 16.7. The molecule has 2 aliphatic rings. The van der Waals surface area contributed by atoms with E-state index in [9.17, 15) is 14.7 Å². The number of aldehydes is 1. The van der Waals surface area contributed by atoms with E-state index in [0.717, 1.165) is 18.3 Å². The van der Waals surface area contributed by atoms with Gasteiger partial charge < -0.3 is 25.5 Å². The Balaban J connectivity index is 1.51. The van der Waals surface area contributed by atoms with Gasteiger partial charge >= 0.3 is 0 Å². The molecule has 2 aromatic heterocycles. The van der Waals surface area contributed by atoms with Gasteiger partial charge in [-0.05, 0) is 37.3 Å². The number of aromatic nitrogens is 3. The van der Waals surface area contributed by atoms with Crippen LogP contribution in [0.15, 0.2) is 42.6 Å². The van der Waals surface area contributed by atoms with Gasteiger partial charge in [0, 0.05) is 29.6 Å². The summed E-state index contributed by atoms with van der Waals surface area (Å²) in [6.45, 7) is 2.42. The number of nitrogens with zero attached hydrogens (tertiary/aromatic N) is 2. The van der Waals surface area contributed by atoms with Crippen molar-refractivity contribution in [1.82, 2.24) is 20.3 Å². The number of hydrogen-bond donors (Lipinski definition) is 4. The average Bonchev–Trinajstić information content (AvgIpc) is 3.50. The van der Waals surface area contributed by atoms with Crippen molar-refractivity contribution in [1.29, 1.82) is 0 Å². The maximum absolute atomic E-state index is 12.2. The van der Waals surface area contributed by atoms with Gasteiger partial charge in [0.15, 0.2) is 11.4 Å². The molecular weight excluding hydrogens is 394 g/mol. The first kappa shape index (κ1) is 19.3. The Hall–Kier alpha value is -3.68. The van der Waals surface area contributed by atoms with Crippen molar-refractivity contribution in [2.45, 2.75) is 19.4 Å². The number of carbonyl (C=O) groups excluding carboxylic acids is 2. The third-order valence-corrected chi connectivity index (χ3v) is 6.22. The minimum atomic E-state index is -0.150. The zero-order valence-corrected chi connectivity index (χ0v) is 17.0. The first-order valence-corrected chi connectivity index (χ1v) is 10.5. The van der Waals surface area contributed by atoms with Crippen LogP contribution in [0.4, 0.5) is 5.69 Å². The molecule has 31 heavy (non-hydrogen) atoms. The van der Waals surface area contributed by atoms with Crippen LogP contribution in [0.2, 0.25) is 0 Å². The highest BCUT2D eigenvalue weighted by Crippen LogP contribution is 2.45. The molecule has 0 spiro atoms. The molecule has 0 aliphatic heterocycles. The fourth-order valence-electron chi connectivity index (χ4n) is 4.72. The summed E-state index contributed by atoms with van der Waals surface area (Å²) < 4.78 is 0. The smallest absolute Gasteiger partial charge is 0.251 e. The molecular formula is C23H23N5O3. The van der Waals surface area contributed by atoms with Crippen molar-refractivity contribution in [2.24, 2.45) is 17.8 Å². The van der Waals surface area contributed by atoms with E-state index < -0.39 is 0 Å². The molecule has 1 fully saturated rings. The molecule has 4 unspecified atom stereocenters. The van der Waals surface area contributed by atoms with Gasteiger partial charge in [-0.2, -0.15) is 0 Å². The second-order valence-electron chi connectivity index (χ2n) is 8.07. The molecule has 0 saturated heterocycles. The van der Waals surface area contributed by atoms with Crippen LogP contribution in [-0.2, 0) is 4.79 Å². The monoisotopic (exact) mass is 417 g/mol. The molecule has 1 saturated carbocycles. The van der Waals surface area contributed by atoms with Gasteiger partial charge in [0.1, 0.15) is 23.3 Å². The predicted octanol–water partition coefficient (Wildman–Crippen LogP) is 2.88. The lowest BCUT2D eigenvalue weighted by Crippen LogP contribution is -2.33. The van der Waals surface area contributed by atoms with Crippen LogP contribution < -0.4 is 10.6 Å². The molecule has 1 aromatic carbocycles. The van der Waals surface area contributed by atoms with Crippen LogP contribution >= 0.6 is 0 Å². The third kappa shape index (κ3) is 3.24. The molecule has 158 valence electrons. The summed E-state index contributed by atoms with van der Waals surface area (Å²) in [5.74, 6) is 0.752. The minimum Gasteiger partial charge on any atom is -0.504 e. The molecule has 2 aliphatic carbocycles. The van der Waals surface area contributed by atoms with Crippen molar-refractivity contribution in [3.8, 4) is 17.1 Å². The second-order valence-corrected chi connectivity index (χ2v) is 8.07. The molecule has 1 amide bonds. The van der Waals surface area contributed by atoms with Gasteiger partial charge in [0.25, 0.3) is 5.91 Å². The SMILES string of the molecule is CCNC(=O)c1cccc(-c2nc3ncc(O)c(NC4C5C=CC(C5)C4C=O)c3[nH]2)c1. The molecule has 8 nitrogen and oxygen atoms in total. The first-order chi connectivity index (χ1) is 15.1. The molecule has 2 bridgehead atoms. The number of nitrogens with one attached hydrogen (secondary N) is 3. The van der Waals surface area contributed by atoms with Crippen molar-refractivity contribution in [2.75, 3.05) is 11.9 Å². The van der Waals surface area contributed by atoms with E-state index in [1.165, 1.54) is 6.20 Å². The number of pyridine rings is 1. The summed E-state index contributed by atoms with van der Waals surface area (Å²) in [7, 11) is 0. The van der Waals surface area contributed by atoms with Crippen LogP contribution in [0.25, 0.3) is 22.6 Å². The van der Waals surface area contributed by atoms with Crippen LogP contribution in [0, 0.1) is 17.8 Å². The molecule has 4 N–H and O–H groups in total. The number of anilines is 1. The summed E-state index contributed by atoms with van der Waals surface area (Å²) >= 11 is 0. The van der Waals surface area contributed by atoms with Gasteiger partial charge in [-0.15, -0.1) is 0 Å². The van der Waals surface area contributed by atoms with Crippen molar-refractivity contribution in [3.05, 3.63) is 48.2 Å². The quantitative estimate of drug-likeness (QED) is 0.362. The topological polar surface area (TPSA) is 120 Å². The van der Waals surface area contributed by atoms with Gasteiger partial charge in [-0.1, -0.05) is 24.3 Å². The highest BCUT2D eigenvalue weighted by Gasteiger charge is 2.44. The Labute approximate surface area is 178 Å². The van der Waals surface area contributed by atoms with E-state index in [1.54, 1.807) is 18.2 Å². The maximum Gasteiger partial charge on any atom is 0.251 e. The number of imidazole rings is 1. The van der Waals surface area contributed by atoms with Gasteiger partial charge in [0.2, 0.25) is 0 Å². The number of hydrogen-bond acceptors (Lipinski definition) is 6. The summed E-state index contributed by atoms with van der Waals surface area (Å²) in [5.41, 5.74) is 2.77. The number of fused-ring (bicyclic) bond motifs is 3. The lowest BCUT2D eigenvalue weighted by molar-refractivity contribution is -0.111. The summed E-state index contributed by atoms with van der Waals surface area (Å²) in [4.78, 5) is 35.9. The average molecular weight is 417 g/mol. The van der Waals surface area contributed by atoms with E-state index in [-0.39, 0.29) is 35.5 Å². The van der Waals surface area contributed by atoms with Crippen LogP contribution in [0.1, 0.15) is 23.7 Å². The molecule has 5 rings (SSSR count). The number of benzene rings is 1. The number of aromatic hydroxyl groups is 1. The Morgan fingerprint density at radius 1 is 1.32 bits per heavy atom. The minimum absolute atomic E-state index is 0.00447. The Morgan fingerprint density at radius 2 is 2.16 bits per heavy atom. The van der Waals surface area contributed by atoms with E-state index >= 15 is 0 Å². The molecule has 8 heteroatoms. The normalized spacial score (nSPS) is 23.9. The Bertz CT molecular complexity index is 1200. The fraction of sp³-hybridized carbons (Fsp3) is 0.304. The lowest BCUT2D eigenvalue weighted by atomic mass is 9.90. The standard InChI is InChI=1S/C23H23N5O3/c1-2-24-23(31)15-5-3-4-14(9-15)21-27-20-19(17(30)10-25-22(20)28-21)26-18-13-7-6-12(8-13)16(18)11-29/h3-7,9-13,16,18,30H,2,8H2,1H3,(H,24,31)(H2,25,26,27,28). The molecule has 4 atom stereocenters. The van der Waals surface area contributed by atoms with Gasteiger partial charge in [0.05, 0.1) is 6.20 Å². The van der Waals surface area contributed by atoms with Crippen molar-refractivity contribution >= 4 is 29.0 Å². The van der Waals surface area contributed by atoms with E-state index in [1.807, 2.05) is 13.0 Å². The number of amides is 1. The van der Waals surface area contributed by atoms with Crippen molar-refractivity contribution < 1.29 is 14.7 Å². The second kappa shape index (κ2) is 7.54. The zero-order chi connectivity index (χ0) is 21.5. The fourth-order valence-corrected chi connectivity index (χ4v) is 4.72. The number of carbonyl (C=O) groups is 2. The molecule has 3 aromatic rings. The summed E-state index contributed by atoms with van der Waals surface area (Å²) in [6, 6.07) is 7.08. The Morgan fingerprint density at radius 3 is 2.97 bits per heavy atom. The largest absolute Gasteiger partial charge is 0.504 e. The molecule has 2 heterocycles. The number of H-pyrrole nitrogens is 1.